The van der Waals surface area contributed by atoms with Crippen LogP contribution in [-0.2, 0) is 6.54 Å². The summed E-state index contributed by atoms with van der Waals surface area (Å²) in [5.74, 6) is -0.0701. The van der Waals surface area contributed by atoms with Gasteiger partial charge < -0.3 is 15.5 Å². The van der Waals surface area contributed by atoms with E-state index in [4.69, 9.17) is 5.73 Å². The molecular formula is C17H20ClN5O3. The van der Waals surface area contributed by atoms with Gasteiger partial charge in [-0.05, 0) is 18.2 Å². The van der Waals surface area contributed by atoms with E-state index in [0.29, 0.717) is 43.1 Å². The zero-order valence-corrected chi connectivity index (χ0v) is 14.9. The second-order valence-corrected chi connectivity index (χ2v) is 5.77. The molecule has 0 aliphatic carbocycles. The molecule has 0 radical (unpaired) electrons. The SMILES string of the molecule is Cl.NCc1cc(C(=O)N2CCN(c3ccccc3[N+](=O)[O-])CC2)ccn1. The van der Waals surface area contributed by atoms with Crippen molar-refractivity contribution >= 4 is 29.7 Å². The zero-order valence-electron chi connectivity index (χ0n) is 14.1. The second-order valence-electron chi connectivity index (χ2n) is 5.77. The Morgan fingerprint density at radius 2 is 1.88 bits per heavy atom. The van der Waals surface area contributed by atoms with Crippen molar-refractivity contribution in [3.63, 3.8) is 0 Å². The summed E-state index contributed by atoms with van der Waals surface area (Å²) in [4.78, 5) is 31.2. The topological polar surface area (TPSA) is 106 Å². The minimum Gasteiger partial charge on any atom is -0.362 e. The Bertz CT molecular complexity index is 793. The van der Waals surface area contributed by atoms with Crippen LogP contribution < -0.4 is 10.6 Å². The fraction of sp³-hybridized carbons (Fsp3) is 0.294. The number of nitrogens with two attached hydrogens (primary N) is 1. The number of aromatic nitrogens is 1. The quantitative estimate of drug-likeness (QED) is 0.643. The lowest BCUT2D eigenvalue weighted by Crippen LogP contribution is -2.49. The number of nitro groups is 1. The van der Waals surface area contributed by atoms with Gasteiger partial charge in [0.15, 0.2) is 0 Å². The van der Waals surface area contributed by atoms with Gasteiger partial charge in [-0.15, -0.1) is 12.4 Å². The van der Waals surface area contributed by atoms with Crippen LogP contribution in [0.15, 0.2) is 42.6 Å². The number of hydrogen-bond acceptors (Lipinski definition) is 6. The molecule has 2 heterocycles. The number of benzene rings is 1. The standard InChI is InChI=1S/C17H19N5O3.ClH/c18-12-14-11-13(5-6-19-14)17(23)21-9-7-20(8-10-21)15-3-1-2-4-16(15)22(24)25;/h1-6,11H,7-10,12,18H2;1H. The van der Waals surface area contributed by atoms with Crippen LogP contribution in [0, 0.1) is 10.1 Å². The monoisotopic (exact) mass is 377 g/mol. The predicted octanol–water partition coefficient (Wildman–Crippen LogP) is 1.83. The van der Waals surface area contributed by atoms with Crippen LogP contribution in [0.3, 0.4) is 0 Å². The molecular weight excluding hydrogens is 358 g/mol. The van der Waals surface area contributed by atoms with Crippen LogP contribution in [0.4, 0.5) is 11.4 Å². The minimum atomic E-state index is -0.377. The van der Waals surface area contributed by atoms with Gasteiger partial charge in [0.1, 0.15) is 5.69 Å². The molecule has 1 aliphatic rings. The molecule has 1 amide bonds. The Morgan fingerprint density at radius 1 is 1.19 bits per heavy atom. The third-order valence-corrected chi connectivity index (χ3v) is 4.26. The molecule has 1 aromatic heterocycles. The number of pyridine rings is 1. The zero-order chi connectivity index (χ0) is 17.8. The van der Waals surface area contributed by atoms with Crippen molar-refractivity contribution in [2.24, 2.45) is 5.73 Å². The highest BCUT2D eigenvalue weighted by molar-refractivity contribution is 5.94. The number of nitrogens with zero attached hydrogens (tertiary/aromatic N) is 4. The van der Waals surface area contributed by atoms with Gasteiger partial charge in [-0.1, -0.05) is 12.1 Å². The summed E-state index contributed by atoms with van der Waals surface area (Å²) in [6, 6.07) is 10.1. The number of para-hydroxylation sites is 2. The Hall–Kier alpha value is -2.71. The molecule has 1 fully saturated rings. The lowest BCUT2D eigenvalue weighted by Gasteiger charge is -2.35. The first-order valence-corrected chi connectivity index (χ1v) is 8.03. The summed E-state index contributed by atoms with van der Waals surface area (Å²) in [6.07, 6.45) is 1.58. The molecule has 0 atom stereocenters. The Balaban J connectivity index is 0.00000243. The number of halogens is 1. The van der Waals surface area contributed by atoms with E-state index in [-0.39, 0.29) is 35.5 Å². The van der Waals surface area contributed by atoms with Gasteiger partial charge in [-0.25, -0.2) is 0 Å². The number of hydrogen-bond donors (Lipinski definition) is 1. The average molecular weight is 378 g/mol. The normalized spacial score (nSPS) is 13.9. The van der Waals surface area contributed by atoms with Crippen LogP contribution in [0.2, 0.25) is 0 Å². The van der Waals surface area contributed by atoms with Crippen molar-refractivity contribution in [2.75, 3.05) is 31.1 Å². The number of anilines is 1. The number of amides is 1. The highest BCUT2D eigenvalue weighted by Crippen LogP contribution is 2.28. The van der Waals surface area contributed by atoms with Gasteiger partial charge >= 0.3 is 0 Å². The molecule has 0 spiro atoms. The van der Waals surface area contributed by atoms with Crippen LogP contribution >= 0.6 is 12.4 Å². The maximum Gasteiger partial charge on any atom is 0.292 e. The maximum atomic E-state index is 12.6. The summed E-state index contributed by atoms with van der Waals surface area (Å²) in [7, 11) is 0. The number of piperazine rings is 1. The van der Waals surface area contributed by atoms with E-state index in [0.717, 1.165) is 0 Å². The van der Waals surface area contributed by atoms with Gasteiger partial charge in [-0.3, -0.25) is 19.9 Å². The van der Waals surface area contributed by atoms with Gasteiger partial charge in [0, 0.05) is 50.6 Å². The molecule has 3 rings (SSSR count). The van der Waals surface area contributed by atoms with E-state index in [9.17, 15) is 14.9 Å². The number of carbonyl (C=O) groups excluding carboxylic acids is 1. The van der Waals surface area contributed by atoms with Crippen LogP contribution in [0.5, 0.6) is 0 Å². The molecule has 1 saturated heterocycles. The molecule has 1 aliphatic heterocycles. The number of rotatable bonds is 4. The van der Waals surface area contributed by atoms with Crippen molar-refractivity contribution in [3.05, 3.63) is 64.0 Å². The Kier molecular flexibility index (Phi) is 6.48. The molecule has 0 unspecified atom stereocenters. The maximum absolute atomic E-state index is 12.6. The van der Waals surface area contributed by atoms with Gasteiger partial charge in [0.05, 0.1) is 10.6 Å². The third-order valence-electron chi connectivity index (χ3n) is 4.26. The van der Waals surface area contributed by atoms with E-state index in [2.05, 4.69) is 4.98 Å². The minimum absolute atomic E-state index is 0. The van der Waals surface area contributed by atoms with Crippen molar-refractivity contribution < 1.29 is 9.72 Å². The highest BCUT2D eigenvalue weighted by Gasteiger charge is 2.26. The Labute approximate surface area is 157 Å². The third kappa shape index (κ3) is 4.09. The van der Waals surface area contributed by atoms with Crippen molar-refractivity contribution in [1.82, 2.24) is 9.88 Å². The van der Waals surface area contributed by atoms with Crippen molar-refractivity contribution in [2.45, 2.75) is 6.54 Å². The van der Waals surface area contributed by atoms with Crippen LogP contribution in [0.1, 0.15) is 16.1 Å². The summed E-state index contributed by atoms with van der Waals surface area (Å²) >= 11 is 0. The van der Waals surface area contributed by atoms with Crippen LogP contribution in [0.25, 0.3) is 0 Å². The fourth-order valence-corrected chi connectivity index (χ4v) is 2.94. The van der Waals surface area contributed by atoms with Crippen molar-refractivity contribution in [1.29, 1.82) is 0 Å². The first kappa shape index (κ1) is 19.6. The highest BCUT2D eigenvalue weighted by atomic mass is 35.5. The van der Waals surface area contributed by atoms with E-state index in [1.807, 2.05) is 4.90 Å². The van der Waals surface area contributed by atoms with Gasteiger partial charge in [-0.2, -0.15) is 0 Å². The summed E-state index contributed by atoms with van der Waals surface area (Å²) in [5.41, 5.74) is 7.48. The summed E-state index contributed by atoms with van der Waals surface area (Å²) in [6.45, 7) is 2.39. The van der Waals surface area contributed by atoms with Crippen LogP contribution in [-0.4, -0.2) is 46.9 Å². The lowest BCUT2D eigenvalue weighted by molar-refractivity contribution is -0.384. The fourth-order valence-electron chi connectivity index (χ4n) is 2.94. The second kappa shape index (κ2) is 8.59. The summed E-state index contributed by atoms with van der Waals surface area (Å²) < 4.78 is 0. The van der Waals surface area contributed by atoms with E-state index >= 15 is 0 Å². The molecule has 0 bridgehead atoms. The van der Waals surface area contributed by atoms with E-state index < -0.39 is 0 Å². The number of carbonyl (C=O) groups is 1. The first-order chi connectivity index (χ1) is 12.1. The summed E-state index contributed by atoms with van der Waals surface area (Å²) in [5, 5.41) is 11.2. The van der Waals surface area contributed by atoms with Gasteiger partial charge in [0.25, 0.3) is 11.6 Å². The smallest absolute Gasteiger partial charge is 0.292 e. The molecule has 2 aromatic rings. The lowest BCUT2D eigenvalue weighted by atomic mass is 10.1. The van der Waals surface area contributed by atoms with Crippen molar-refractivity contribution in [3.8, 4) is 0 Å². The molecule has 0 saturated carbocycles. The Morgan fingerprint density at radius 3 is 2.54 bits per heavy atom. The molecule has 8 nitrogen and oxygen atoms in total. The average Bonchev–Trinajstić information content (AvgIpc) is 2.67. The van der Waals surface area contributed by atoms with E-state index in [1.165, 1.54) is 6.07 Å². The van der Waals surface area contributed by atoms with Gasteiger partial charge in [0.2, 0.25) is 0 Å². The molecule has 9 heteroatoms. The predicted molar refractivity (Wildman–Crippen MR) is 101 cm³/mol. The molecule has 138 valence electrons. The largest absolute Gasteiger partial charge is 0.362 e. The first-order valence-electron chi connectivity index (χ1n) is 8.03. The molecule has 2 N–H and O–H groups in total. The van der Waals surface area contributed by atoms with E-state index in [1.54, 1.807) is 41.4 Å². The number of nitro benzene ring substituents is 1. The molecule has 26 heavy (non-hydrogen) atoms. The molecule has 1 aromatic carbocycles.